The van der Waals surface area contributed by atoms with E-state index in [1.807, 2.05) is 0 Å². The molecular formula is C14H16F3NO2. The minimum absolute atomic E-state index is 0.0683. The zero-order valence-corrected chi connectivity index (χ0v) is 11.1. The van der Waals surface area contributed by atoms with Gasteiger partial charge in [-0.05, 0) is 12.5 Å². The summed E-state index contributed by atoms with van der Waals surface area (Å²) < 4.78 is 43.9. The van der Waals surface area contributed by atoms with Crippen molar-refractivity contribution < 1.29 is 22.7 Å². The van der Waals surface area contributed by atoms with Gasteiger partial charge < -0.3 is 9.64 Å². The van der Waals surface area contributed by atoms with Gasteiger partial charge in [-0.15, -0.1) is 0 Å². The van der Waals surface area contributed by atoms with Crippen molar-refractivity contribution in [1.29, 1.82) is 0 Å². The van der Waals surface area contributed by atoms with Crippen LogP contribution in [-0.4, -0.2) is 36.2 Å². The van der Waals surface area contributed by atoms with Crippen molar-refractivity contribution in [3.05, 3.63) is 35.9 Å². The van der Waals surface area contributed by atoms with Gasteiger partial charge in [0.15, 0.2) is 0 Å². The molecule has 0 bridgehead atoms. The van der Waals surface area contributed by atoms with E-state index in [2.05, 4.69) is 0 Å². The number of benzene rings is 1. The van der Waals surface area contributed by atoms with Crippen molar-refractivity contribution in [2.75, 3.05) is 13.2 Å². The van der Waals surface area contributed by atoms with Crippen LogP contribution in [0.3, 0.4) is 0 Å². The van der Waals surface area contributed by atoms with Gasteiger partial charge in [-0.3, -0.25) is 4.79 Å². The molecule has 0 spiro atoms. The summed E-state index contributed by atoms with van der Waals surface area (Å²) in [4.78, 5) is 12.5. The Morgan fingerprint density at radius 3 is 2.50 bits per heavy atom. The lowest BCUT2D eigenvalue weighted by Gasteiger charge is -2.46. The first-order valence-electron chi connectivity index (χ1n) is 6.45. The smallest absolute Gasteiger partial charge is 0.379 e. The van der Waals surface area contributed by atoms with Crippen molar-refractivity contribution in [3.8, 4) is 0 Å². The van der Waals surface area contributed by atoms with Gasteiger partial charge in [-0.1, -0.05) is 30.3 Å². The molecule has 6 heteroatoms. The second-order valence-electron chi connectivity index (χ2n) is 4.65. The van der Waals surface area contributed by atoms with Crippen LogP contribution in [0.4, 0.5) is 13.2 Å². The minimum Gasteiger partial charge on any atom is -0.379 e. The summed E-state index contributed by atoms with van der Waals surface area (Å²) in [6.07, 6.45) is -4.87. The van der Waals surface area contributed by atoms with E-state index in [1.54, 1.807) is 37.3 Å². The van der Waals surface area contributed by atoms with Gasteiger partial charge in [-0.25, -0.2) is 0 Å². The van der Waals surface area contributed by atoms with E-state index in [1.165, 1.54) is 0 Å². The Kier molecular flexibility index (Phi) is 4.32. The highest BCUT2D eigenvalue weighted by Crippen LogP contribution is 2.40. The third-order valence-corrected chi connectivity index (χ3v) is 3.37. The van der Waals surface area contributed by atoms with E-state index >= 15 is 0 Å². The lowest BCUT2D eigenvalue weighted by atomic mass is 9.94. The monoisotopic (exact) mass is 287 g/mol. The van der Waals surface area contributed by atoms with Crippen molar-refractivity contribution in [2.24, 2.45) is 0 Å². The summed E-state index contributed by atoms with van der Waals surface area (Å²) in [5, 5.41) is 0. The van der Waals surface area contributed by atoms with Crippen LogP contribution in [0, 0.1) is 0 Å². The van der Waals surface area contributed by atoms with Crippen LogP contribution >= 0.6 is 0 Å². The number of likely N-dealkylation sites (tertiary alicyclic amines) is 1. The van der Waals surface area contributed by atoms with Crippen LogP contribution < -0.4 is 0 Å². The summed E-state index contributed by atoms with van der Waals surface area (Å²) in [6.45, 7) is 2.22. The molecule has 20 heavy (non-hydrogen) atoms. The van der Waals surface area contributed by atoms with Gasteiger partial charge in [0.1, 0.15) is 6.04 Å². The van der Waals surface area contributed by atoms with Crippen LogP contribution in [0.1, 0.15) is 24.9 Å². The molecule has 1 fully saturated rings. The highest BCUT2D eigenvalue weighted by Gasteiger charge is 2.55. The maximum atomic E-state index is 12.9. The Labute approximate surface area is 115 Å². The summed E-state index contributed by atoms with van der Waals surface area (Å²) in [6, 6.07) is 6.28. The zero-order valence-electron chi connectivity index (χ0n) is 11.1. The second kappa shape index (κ2) is 5.83. The number of nitrogens with zero attached hydrogens (tertiary/aromatic N) is 1. The molecule has 0 radical (unpaired) electrons. The molecule has 2 rings (SSSR count). The molecule has 1 heterocycles. The molecule has 0 unspecified atom stereocenters. The number of ether oxygens (including phenoxy) is 1. The molecule has 110 valence electrons. The van der Waals surface area contributed by atoms with Crippen molar-refractivity contribution in [2.45, 2.75) is 31.6 Å². The Morgan fingerprint density at radius 2 is 2.00 bits per heavy atom. The lowest BCUT2D eigenvalue weighted by Crippen LogP contribution is -2.61. The van der Waals surface area contributed by atoms with Gasteiger partial charge in [0.25, 0.3) is 0 Å². The number of carbonyl (C=O) groups excluding carboxylic acids is 1. The summed E-state index contributed by atoms with van der Waals surface area (Å²) in [7, 11) is 0. The number of rotatable bonds is 5. The highest BCUT2D eigenvalue weighted by atomic mass is 19.4. The molecule has 0 saturated carbocycles. The molecule has 2 atom stereocenters. The first kappa shape index (κ1) is 14.8. The number of β-lactam (4-membered cyclic amide) rings is 1. The van der Waals surface area contributed by atoms with Crippen LogP contribution in [0.15, 0.2) is 30.3 Å². The van der Waals surface area contributed by atoms with Gasteiger partial charge in [0, 0.05) is 6.61 Å². The fourth-order valence-electron chi connectivity index (χ4n) is 2.34. The van der Waals surface area contributed by atoms with E-state index in [0.717, 1.165) is 4.90 Å². The normalized spacial score (nSPS) is 20.7. The summed E-state index contributed by atoms with van der Waals surface area (Å²) in [5.74, 6) is -0.485. The Morgan fingerprint density at radius 1 is 1.35 bits per heavy atom. The number of hydrogen-bond donors (Lipinski definition) is 0. The topological polar surface area (TPSA) is 29.5 Å². The minimum atomic E-state index is -4.40. The number of alkyl halides is 3. The molecule has 0 aromatic heterocycles. The van der Waals surface area contributed by atoms with Crippen LogP contribution in [0.5, 0.6) is 0 Å². The van der Waals surface area contributed by atoms with Crippen LogP contribution in [0.25, 0.3) is 0 Å². The Hall–Kier alpha value is -1.56. The molecule has 1 saturated heterocycles. The van der Waals surface area contributed by atoms with Gasteiger partial charge in [0.05, 0.1) is 19.1 Å². The van der Waals surface area contributed by atoms with Gasteiger partial charge >= 0.3 is 6.18 Å². The van der Waals surface area contributed by atoms with E-state index in [4.69, 9.17) is 4.74 Å². The van der Waals surface area contributed by atoms with Crippen molar-refractivity contribution >= 4 is 5.91 Å². The first-order valence-corrected chi connectivity index (χ1v) is 6.45. The molecule has 1 aliphatic rings. The third kappa shape index (κ3) is 2.95. The number of carbonyl (C=O) groups is 1. The summed E-state index contributed by atoms with van der Waals surface area (Å²) >= 11 is 0. The average molecular weight is 287 g/mol. The molecule has 0 aliphatic carbocycles. The number of hydrogen-bond acceptors (Lipinski definition) is 2. The largest absolute Gasteiger partial charge is 0.409 e. The third-order valence-electron chi connectivity index (χ3n) is 3.37. The van der Waals surface area contributed by atoms with Crippen molar-refractivity contribution in [3.63, 3.8) is 0 Å². The SMILES string of the molecule is CCOC[C@H](c1ccccc1)N1C(=O)C[C@H]1C(F)(F)F. The fraction of sp³-hybridized carbons (Fsp3) is 0.500. The van der Waals surface area contributed by atoms with Crippen molar-refractivity contribution in [1.82, 2.24) is 4.90 Å². The van der Waals surface area contributed by atoms with E-state index in [9.17, 15) is 18.0 Å². The highest BCUT2D eigenvalue weighted by molar-refractivity contribution is 5.84. The quantitative estimate of drug-likeness (QED) is 0.779. The molecule has 1 aromatic rings. The van der Waals surface area contributed by atoms with Crippen LogP contribution in [-0.2, 0) is 9.53 Å². The molecule has 3 nitrogen and oxygen atoms in total. The fourth-order valence-corrected chi connectivity index (χ4v) is 2.34. The lowest BCUT2D eigenvalue weighted by molar-refractivity contribution is -0.222. The summed E-state index contributed by atoms with van der Waals surface area (Å²) in [5.41, 5.74) is 0.656. The molecule has 1 amide bonds. The molecule has 1 aliphatic heterocycles. The average Bonchev–Trinajstić information content (AvgIpc) is 2.40. The van der Waals surface area contributed by atoms with Crippen LogP contribution in [0.2, 0.25) is 0 Å². The number of halogens is 3. The van der Waals surface area contributed by atoms with Gasteiger partial charge in [-0.2, -0.15) is 13.2 Å². The molecular weight excluding hydrogens is 271 g/mol. The van der Waals surface area contributed by atoms with E-state index in [-0.39, 0.29) is 6.61 Å². The Balaban J connectivity index is 2.24. The predicted molar refractivity (Wildman–Crippen MR) is 67.0 cm³/mol. The van der Waals surface area contributed by atoms with Gasteiger partial charge in [0.2, 0.25) is 5.91 Å². The van der Waals surface area contributed by atoms with E-state index < -0.39 is 30.6 Å². The zero-order chi connectivity index (χ0) is 14.8. The molecule has 0 N–H and O–H groups in total. The Bertz CT molecular complexity index is 461. The number of amides is 1. The maximum Gasteiger partial charge on any atom is 0.409 e. The standard InChI is InChI=1S/C14H16F3NO2/c1-2-20-9-11(10-6-4-3-5-7-10)18-12(8-13(18)19)14(15,16)17/h3-7,11-12H,2,8-9H2,1H3/t11-,12+/m1/s1. The van der Waals surface area contributed by atoms with E-state index in [0.29, 0.717) is 12.2 Å². The first-order chi connectivity index (χ1) is 9.45. The molecule has 1 aromatic carbocycles. The second-order valence-corrected chi connectivity index (χ2v) is 4.65. The maximum absolute atomic E-state index is 12.9. The predicted octanol–water partition coefficient (Wildman–Crippen LogP) is 2.93.